The topological polar surface area (TPSA) is 51.2 Å². The van der Waals surface area contributed by atoms with Crippen LogP contribution in [0.2, 0.25) is 0 Å². The van der Waals surface area contributed by atoms with Crippen LogP contribution in [0.15, 0.2) is 24.5 Å². The van der Waals surface area contributed by atoms with Crippen LogP contribution < -0.4 is 5.32 Å². The minimum Gasteiger partial charge on any atom is -0.372 e. The van der Waals surface area contributed by atoms with Gasteiger partial charge >= 0.3 is 0 Å². The number of amides is 1. The molecule has 15 heavy (non-hydrogen) atoms. The van der Waals surface area contributed by atoms with Gasteiger partial charge in [-0.05, 0) is 31.0 Å². The first-order valence-corrected chi connectivity index (χ1v) is 5.06. The molecule has 0 radical (unpaired) electrons. The Labute approximate surface area is 89.7 Å². The van der Waals surface area contributed by atoms with Crippen molar-refractivity contribution in [2.45, 2.75) is 13.3 Å². The molecule has 1 aromatic heterocycles. The van der Waals surface area contributed by atoms with Gasteiger partial charge < -0.3 is 10.1 Å². The largest absolute Gasteiger partial charge is 0.372 e. The molecule has 4 nitrogen and oxygen atoms in total. The predicted octanol–water partition coefficient (Wildman–Crippen LogP) is 0.777. The molecule has 1 rings (SSSR count). The molecule has 0 aromatic carbocycles. The van der Waals surface area contributed by atoms with Gasteiger partial charge in [-0.1, -0.05) is 0 Å². The predicted molar refractivity (Wildman–Crippen MR) is 57.4 cm³/mol. The van der Waals surface area contributed by atoms with Crippen LogP contribution in [0.3, 0.4) is 0 Å². The Bertz CT molecular complexity index is 288. The van der Waals surface area contributed by atoms with Gasteiger partial charge in [0.1, 0.15) is 6.61 Å². The maximum absolute atomic E-state index is 11.1. The highest BCUT2D eigenvalue weighted by Crippen LogP contribution is 1.95. The molecule has 4 heteroatoms. The average Bonchev–Trinajstić information content (AvgIpc) is 2.28. The van der Waals surface area contributed by atoms with E-state index in [1.54, 1.807) is 12.4 Å². The molecule has 1 aromatic rings. The van der Waals surface area contributed by atoms with Gasteiger partial charge in [0.05, 0.1) is 0 Å². The van der Waals surface area contributed by atoms with Gasteiger partial charge in [0.25, 0.3) is 0 Å². The summed E-state index contributed by atoms with van der Waals surface area (Å²) in [6.07, 6.45) is 4.31. The summed E-state index contributed by atoms with van der Waals surface area (Å²) in [5.41, 5.74) is 1.17. The molecule has 1 amide bonds. The van der Waals surface area contributed by atoms with E-state index in [0.717, 1.165) is 6.42 Å². The number of rotatable bonds is 6. The van der Waals surface area contributed by atoms with Crippen molar-refractivity contribution in [2.75, 3.05) is 19.8 Å². The third-order valence-electron chi connectivity index (χ3n) is 1.92. The highest BCUT2D eigenvalue weighted by molar-refractivity contribution is 5.77. The van der Waals surface area contributed by atoms with Crippen LogP contribution in [0.4, 0.5) is 0 Å². The lowest BCUT2D eigenvalue weighted by Crippen LogP contribution is -2.29. The summed E-state index contributed by atoms with van der Waals surface area (Å²) in [5.74, 6) is -0.0640. The van der Waals surface area contributed by atoms with Crippen LogP contribution in [0, 0.1) is 0 Å². The minimum atomic E-state index is -0.0640. The second-order valence-electron chi connectivity index (χ2n) is 3.09. The van der Waals surface area contributed by atoms with Crippen LogP contribution in [-0.4, -0.2) is 30.6 Å². The van der Waals surface area contributed by atoms with Crippen LogP contribution in [0.1, 0.15) is 12.5 Å². The quantitative estimate of drug-likeness (QED) is 0.751. The zero-order valence-electron chi connectivity index (χ0n) is 8.90. The number of nitrogens with one attached hydrogen (secondary N) is 1. The van der Waals surface area contributed by atoms with Crippen molar-refractivity contribution in [1.82, 2.24) is 10.3 Å². The molecule has 0 fully saturated rings. The first kappa shape index (κ1) is 11.7. The highest BCUT2D eigenvalue weighted by Gasteiger charge is 1.99. The van der Waals surface area contributed by atoms with Crippen molar-refractivity contribution in [3.8, 4) is 0 Å². The monoisotopic (exact) mass is 208 g/mol. The Balaban J connectivity index is 2.14. The number of nitrogens with zero attached hydrogens (tertiary/aromatic N) is 1. The lowest BCUT2D eigenvalue weighted by Gasteiger charge is -2.04. The first-order chi connectivity index (χ1) is 7.33. The van der Waals surface area contributed by atoms with Gasteiger partial charge in [0.2, 0.25) is 5.91 Å². The van der Waals surface area contributed by atoms with Gasteiger partial charge in [-0.3, -0.25) is 9.78 Å². The molecule has 0 aliphatic heterocycles. The summed E-state index contributed by atoms with van der Waals surface area (Å²) in [6, 6.07) is 3.88. The van der Waals surface area contributed by atoms with Crippen molar-refractivity contribution in [3.05, 3.63) is 30.1 Å². The molecule has 0 aliphatic rings. The molecule has 1 heterocycles. The Kier molecular flexibility index (Phi) is 5.40. The zero-order chi connectivity index (χ0) is 10.9. The van der Waals surface area contributed by atoms with Crippen LogP contribution in [0.25, 0.3) is 0 Å². The third kappa shape index (κ3) is 5.12. The van der Waals surface area contributed by atoms with Crippen molar-refractivity contribution >= 4 is 5.91 Å². The van der Waals surface area contributed by atoms with Crippen molar-refractivity contribution < 1.29 is 9.53 Å². The molecule has 82 valence electrons. The first-order valence-electron chi connectivity index (χ1n) is 5.06. The van der Waals surface area contributed by atoms with E-state index in [1.807, 2.05) is 19.1 Å². The van der Waals surface area contributed by atoms with Gasteiger partial charge in [0, 0.05) is 25.5 Å². The van der Waals surface area contributed by atoms with E-state index >= 15 is 0 Å². The van der Waals surface area contributed by atoms with Crippen molar-refractivity contribution in [3.63, 3.8) is 0 Å². The fourth-order valence-corrected chi connectivity index (χ4v) is 1.14. The van der Waals surface area contributed by atoms with E-state index in [4.69, 9.17) is 4.74 Å². The Morgan fingerprint density at radius 2 is 2.20 bits per heavy atom. The second kappa shape index (κ2) is 6.95. The third-order valence-corrected chi connectivity index (χ3v) is 1.92. The summed E-state index contributed by atoms with van der Waals surface area (Å²) in [5, 5.41) is 2.78. The fraction of sp³-hybridized carbons (Fsp3) is 0.455. The Morgan fingerprint density at radius 3 is 2.87 bits per heavy atom. The SMILES string of the molecule is CCOCC(=O)NCCc1ccncc1. The van der Waals surface area contributed by atoms with Gasteiger partial charge in [-0.25, -0.2) is 0 Å². The number of hydrogen-bond donors (Lipinski definition) is 1. The van der Waals surface area contributed by atoms with Gasteiger partial charge in [-0.2, -0.15) is 0 Å². The maximum atomic E-state index is 11.1. The standard InChI is InChI=1S/C11H16N2O2/c1-2-15-9-11(14)13-8-5-10-3-6-12-7-4-10/h3-4,6-7H,2,5,8-9H2,1H3,(H,13,14). The van der Waals surface area contributed by atoms with Crippen molar-refractivity contribution in [1.29, 1.82) is 0 Å². The Hall–Kier alpha value is -1.42. The molecule has 0 aliphatic carbocycles. The summed E-state index contributed by atoms with van der Waals surface area (Å²) in [6.45, 7) is 3.21. The second-order valence-corrected chi connectivity index (χ2v) is 3.09. The smallest absolute Gasteiger partial charge is 0.246 e. The van der Waals surface area contributed by atoms with Crippen LogP contribution >= 0.6 is 0 Å². The lowest BCUT2D eigenvalue weighted by atomic mass is 10.2. The number of carbonyl (C=O) groups is 1. The van der Waals surface area contributed by atoms with Gasteiger partial charge in [-0.15, -0.1) is 0 Å². The number of hydrogen-bond acceptors (Lipinski definition) is 3. The molecular formula is C11H16N2O2. The zero-order valence-corrected chi connectivity index (χ0v) is 8.90. The fourth-order valence-electron chi connectivity index (χ4n) is 1.14. The number of carbonyl (C=O) groups excluding carboxylic acids is 1. The van der Waals surface area contributed by atoms with E-state index in [-0.39, 0.29) is 12.5 Å². The maximum Gasteiger partial charge on any atom is 0.246 e. The molecule has 0 bridgehead atoms. The minimum absolute atomic E-state index is 0.0640. The highest BCUT2D eigenvalue weighted by atomic mass is 16.5. The summed E-state index contributed by atoms with van der Waals surface area (Å²) >= 11 is 0. The summed E-state index contributed by atoms with van der Waals surface area (Å²) in [7, 11) is 0. The molecule has 0 saturated heterocycles. The molecule has 0 saturated carbocycles. The number of pyridine rings is 1. The Morgan fingerprint density at radius 1 is 1.47 bits per heavy atom. The normalized spacial score (nSPS) is 9.93. The summed E-state index contributed by atoms with van der Waals surface area (Å²) < 4.78 is 4.98. The van der Waals surface area contributed by atoms with Crippen molar-refractivity contribution in [2.24, 2.45) is 0 Å². The number of ether oxygens (including phenoxy) is 1. The van der Waals surface area contributed by atoms with Gasteiger partial charge in [0.15, 0.2) is 0 Å². The number of aromatic nitrogens is 1. The van der Waals surface area contributed by atoms with E-state index in [1.165, 1.54) is 5.56 Å². The van der Waals surface area contributed by atoms with E-state index < -0.39 is 0 Å². The molecule has 0 unspecified atom stereocenters. The van der Waals surface area contributed by atoms with E-state index in [0.29, 0.717) is 13.2 Å². The van der Waals surface area contributed by atoms with Crippen LogP contribution in [-0.2, 0) is 16.0 Å². The molecule has 0 atom stereocenters. The van der Waals surface area contributed by atoms with E-state index in [2.05, 4.69) is 10.3 Å². The lowest BCUT2D eigenvalue weighted by molar-refractivity contribution is -0.125. The summed E-state index contributed by atoms with van der Waals surface area (Å²) in [4.78, 5) is 15.1. The average molecular weight is 208 g/mol. The van der Waals surface area contributed by atoms with Crippen LogP contribution in [0.5, 0.6) is 0 Å². The molecule has 0 spiro atoms. The van der Waals surface area contributed by atoms with E-state index in [9.17, 15) is 4.79 Å². The molecular weight excluding hydrogens is 192 g/mol. The molecule has 1 N–H and O–H groups in total.